The molecule has 1 aliphatic carbocycles. The van der Waals surface area contributed by atoms with Crippen molar-refractivity contribution in [2.24, 2.45) is 0 Å². The number of aromatic amines is 1. The Morgan fingerprint density at radius 2 is 1.96 bits per heavy atom. The highest BCUT2D eigenvalue weighted by atomic mass is 16.2. The van der Waals surface area contributed by atoms with Crippen molar-refractivity contribution in [3.05, 3.63) is 41.2 Å². The monoisotopic (exact) mass is 354 g/mol. The van der Waals surface area contributed by atoms with E-state index in [0.29, 0.717) is 24.7 Å². The van der Waals surface area contributed by atoms with Gasteiger partial charge in [-0.3, -0.25) is 14.8 Å². The molecule has 3 N–H and O–H groups in total. The van der Waals surface area contributed by atoms with Crippen LogP contribution >= 0.6 is 0 Å². The minimum atomic E-state index is 0.189. The third-order valence-electron chi connectivity index (χ3n) is 5.63. The Hall–Kier alpha value is -2.41. The highest BCUT2D eigenvalue weighted by Crippen LogP contribution is 2.25. The second-order valence-corrected chi connectivity index (χ2v) is 7.22. The number of aromatic nitrogens is 3. The molecule has 1 aromatic carbocycles. The number of H-pyrrole nitrogens is 1. The average Bonchev–Trinajstić information content (AvgIpc) is 3.11. The van der Waals surface area contributed by atoms with Gasteiger partial charge in [-0.05, 0) is 30.4 Å². The highest BCUT2D eigenvalue weighted by Gasteiger charge is 2.28. The number of anilines is 1. The van der Waals surface area contributed by atoms with Gasteiger partial charge in [0.2, 0.25) is 11.9 Å². The van der Waals surface area contributed by atoms with E-state index in [9.17, 15) is 4.79 Å². The molecule has 4 rings (SSSR count). The lowest BCUT2D eigenvalue weighted by Gasteiger charge is -2.41. The van der Waals surface area contributed by atoms with Crippen molar-refractivity contribution in [1.29, 1.82) is 0 Å². The van der Waals surface area contributed by atoms with Crippen LogP contribution in [0, 0.1) is 0 Å². The van der Waals surface area contributed by atoms with Gasteiger partial charge >= 0.3 is 0 Å². The largest absolute Gasteiger partial charge is 0.367 e. The molecule has 1 aromatic heterocycles. The number of nitrogens with two attached hydrogens (primary N) is 1. The van der Waals surface area contributed by atoms with Crippen LogP contribution in [0.15, 0.2) is 24.3 Å². The number of carbonyl (C=O) groups excluding carboxylic acids is 1. The number of nitrogen functional groups attached to an aromatic ring is 1. The van der Waals surface area contributed by atoms with E-state index in [0.717, 1.165) is 32.6 Å². The van der Waals surface area contributed by atoms with Gasteiger partial charge in [0.1, 0.15) is 5.82 Å². The molecule has 2 aliphatic rings. The second kappa shape index (κ2) is 7.45. The Labute approximate surface area is 153 Å². The summed E-state index contributed by atoms with van der Waals surface area (Å²) in [5.41, 5.74) is 8.49. The van der Waals surface area contributed by atoms with Crippen LogP contribution in [0.25, 0.3) is 0 Å². The summed E-state index contributed by atoms with van der Waals surface area (Å²) in [6, 6.07) is 9.40. The SMILES string of the molecule is Nc1n[nH]c(CCC(=O)N2CCN([C@@H]3CCc4ccccc4C3)CC2)n1. The van der Waals surface area contributed by atoms with Crippen molar-refractivity contribution in [3.63, 3.8) is 0 Å². The average molecular weight is 354 g/mol. The molecular weight excluding hydrogens is 328 g/mol. The first-order valence-corrected chi connectivity index (χ1v) is 9.44. The maximum absolute atomic E-state index is 12.4. The third-order valence-corrected chi connectivity index (χ3v) is 5.63. The second-order valence-electron chi connectivity index (χ2n) is 7.22. The van der Waals surface area contributed by atoms with E-state index in [2.05, 4.69) is 44.3 Å². The summed E-state index contributed by atoms with van der Waals surface area (Å²) in [5.74, 6) is 1.10. The van der Waals surface area contributed by atoms with Crippen LogP contribution in [0.4, 0.5) is 5.95 Å². The van der Waals surface area contributed by atoms with Crippen molar-refractivity contribution in [2.45, 2.75) is 38.1 Å². The number of amides is 1. The molecule has 2 heterocycles. The summed E-state index contributed by atoms with van der Waals surface area (Å²) < 4.78 is 0. The maximum atomic E-state index is 12.4. The molecule has 26 heavy (non-hydrogen) atoms. The number of carbonyl (C=O) groups is 1. The highest BCUT2D eigenvalue weighted by molar-refractivity contribution is 5.76. The molecule has 0 spiro atoms. The van der Waals surface area contributed by atoms with Crippen LogP contribution in [-0.2, 0) is 24.1 Å². The van der Waals surface area contributed by atoms with Crippen molar-refractivity contribution in [2.75, 3.05) is 31.9 Å². The minimum Gasteiger partial charge on any atom is -0.367 e. The number of aryl methyl sites for hydroxylation is 2. The molecule has 0 saturated carbocycles. The van der Waals surface area contributed by atoms with E-state index in [-0.39, 0.29) is 11.9 Å². The lowest BCUT2D eigenvalue weighted by atomic mass is 9.87. The summed E-state index contributed by atoms with van der Waals surface area (Å²) in [6.45, 7) is 3.56. The molecule has 7 heteroatoms. The smallest absolute Gasteiger partial charge is 0.239 e. The fraction of sp³-hybridized carbons (Fsp3) is 0.526. The van der Waals surface area contributed by atoms with Gasteiger partial charge in [-0.2, -0.15) is 4.98 Å². The predicted molar refractivity (Wildman–Crippen MR) is 99.5 cm³/mol. The maximum Gasteiger partial charge on any atom is 0.239 e. The Morgan fingerprint density at radius 1 is 1.19 bits per heavy atom. The van der Waals surface area contributed by atoms with Crippen LogP contribution in [0.2, 0.25) is 0 Å². The zero-order valence-corrected chi connectivity index (χ0v) is 15.0. The van der Waals surface area contributed by atoms with Crippen LogP contribution in [0.5, 0.6) is 0 Å². The van der Waals surface area contributed by atoms with Gasteiger partial charge in [-0.25, -0.2) is 0 Å². The number of benzene rings is 1. The van der Waals surface area contributed by atoms with E-state index < -0.39 is 0 Å². The third kappa shape index (κ3) is 3.72. The van der Waals surface area contributed by atoms with E-state index in [4.69, 9.17) is 5.73 Å². The van der Waals surface area contributed by atoms with E-state index in [1.807, 2.05) is 4.90 Å². The minimum absolute atomic E-state index is 0.189. The summed E-state index contributed by atoms with van der Waals surface area (Å²) in [5, 5.41) is 6.55. The normalized spacial score (nSPS) is 20.8. The molecule has 138 valence electrons. The van der Waals surface area contributed by atoms with Crippen LogP contribution in [0.3, 0.4) is 0 Å². The first kappa shape index (κ1) is 17.0. The zero-order valence-electron chi connectivity index (χ0n) is 15.0. The van der Waals surface area contributed by atoms with Gasteiger partial charge < -0.3 is 10.6 Å². The number of hydrogen-bond acceptors (Lipinski definition) is 5. The van der Waals surface area contributed by atoms with Gasteiger partial charge in [-0.15, -0.1) is 5.10 Å². The van der Waals surface area contributed by atoms with Gasteiger partial charge in [0.25, 0.3) is 0 Å². The Bertz CT molecular complexity index is 765. The number of piperazine rings is 1. The Balaban J connectivity index is 1.26. The first-order chi connectivity index (χ1) is 12.7. The molecule has 7 nitrogen and oxygen atoms in total. The summed E-state index contributed by atoms with van der Waals surface area (Å²) in [6.07, 6.45) is 4.53. The van der Waals surface area contributed by atoms with Crippen molar-refractivity contribution in [3.8, 4) is 0 Å². The lowest BCUT2D eigenvalue weighted by molar-refractivity contribution is -0.133. The van der Waals surface area contributed by atoms with E-state index in [1.54, 1.807) is 0 Å². The molecule has 0 radical (unpaired) electrons. The van der Waals surface area contributed by atoms with Crippen LogP contribution in [0.1, 0.15) is 29.8 Å². The molecule has 2 aromatic rings. The van der Waals surface area contributed by atoms with Crippen molar-refractivity contribution < 1.29 is 4.79 Å². The number of nitrogens with one attached hydrogen (secondary N) is 1. The topological polar surface area (TPSA) is 91.1 Å². The van der Waals surface area contributed by atoms with Crippen molar-refractivity contribution >= 4 is 11.9 Å². The molecule has 1 amide bonds. The van der Waals surface area contributed by atoms with Crippen LogP contribution in [-0.4, -0.2) is 63.1 Å². The number of nitrogens with zero attached hydrogens (tertiary/aromatic N) is 4. The van der Waals surface area contributed by atoms with Gasteiger partial charge in [0, 0.05) is 45.1 Å². The summed E-state index contributed by atoms with van der Waals surface area (Å²) >= 11 is 0. The standard InChI is InChI=1S/C19H26N6O/c20-19-21-17(22-23-19)7-8-18(26)25-11-9-24(10-12-25)16-6-5-14-3-1-2-4-15(14)13-16/h1-4,16H,5-13H2,(H3,20,21,22,23)/t16-/m1/s1. The van der Waals surface area contributed by atoms with Crippen molar-refractivity contribution in [1.82, 2.24) is 25.0 Å². The molecular formula is C19H26N6O. The lowest BCUT2D eigenvalue weighted by Crippen LogP contribution is -2.53. The Kier molecular flexibility index (Phi) is 4.88. The van der Waals surface area contributed by atoms with E-state index in [1.165, 1.54) is 24.0 Å². The molecule has 1 atom stereocenters. The fourth-order valence-electron chi connectivity index (χ4n) is 4.13. The summed E-state index contributed by atoms with van der Waals surface area (Å²) in [4.78, 5) is 21.0. The van der Waals surface area contributed by atoms with E-state index >= 15 is 0 Å². The molecule has 0 unspecified atom stereocenters. The van der Waals surface area contributed by atoms with Gasteiger partial charge in [0.05, 0.1) is 0 Å². The number of hydrogen-bond donors (Lipinski definition) is 2. The van der Waals surface area contributed by atoms with Gasteiger partial charge in [0.15, 0.2) is 0 Å². The quantitative estimate of drug-likeness (QED) is 0.855. The molecule has 1 fully saturated rings. The summed E-state index contributed by atoms with van der Waals surface area (Å²) in [7, 11) is 0. The zero-order chi connectivity index (χ0) is 17.9. The molecule has 1 aliphatic heterocycles. The predicted octanol–water partition coefficient (Wildman–Crippen LogP) is 1.02. The molecule has 0 bridgehead atoms. The fourth-order valence-corrected chi connectivity index (χ4v) is 4.13. The van der Waals surface area contributed by atoms with Crippen LogP contribution < -0.4 is 5.73 Å². The first-order valence-electron chi connectivity index (χ1n) is 9.44. The number of fused-ring (bicyclic) bond motifs is 1. The molecule has 1 saturated heterocycles. The number of rotatable bonds is 4. The Morgan fingerprint density at radius 3 is 2.69 bits per heavy atom. The van der Waals surface area contributed by atoms with Gasteiger partial charge in [-0.1, -0.05) is 24.3 Å².